The fourth-order valence-corrected chi connectivity index (χ4v) is 8.09. The third-order valence-electron chi connectivity index (χ3n) is 9.77. The molecule has 0 spiro atoms. The molecule has 2 bridgehead atoms. The van der Waals surface area contributed by atoms with E-state index in [2.05, 4.69) is 34.1 Å². The fourth-order valence-electron chi connectivity index (χ4n) is 8.09. The van der Waals surface area contributed by atoms with Crippen LogP contribution in [-0.4, -0.2) is 44.7 Å². The SMILES string of the molecule is O=C([C@@H]1Cc2cc([NH+]([O-])O)ccc2N2CC3CC(Cn4c3cccc4=O)[C@@H]12)N1CCc2c([nH]c3ccccc23)C1. The molecule has 5 atom stereocenters. The number of fused-ring (bicyclic) bond motifs is 11. The number of aromatic nitrogens is 2. The lowest BCUT2D eigenvalue weighted by Gasteiger charge is -2.54. The van der Waals surface area contributed by atoms with Gasteiger partial charge in [0, 0.05) is 77.8 Å². The summed E-state index contributed by atoms with van der Waals surface area (Å²) in [7, 11) is 0. The summed E-state index contributed by atoms with van der Waals surface area (Å²) in [6, 6.07) is 19.1. The predicted octanol–water partition coefficient (Wildman–Crippen LogP) is 2.48. The molecule has 1 fully saturated rings. The molecule has 204 valence electrons. The second-order valence-corrected chi connectivity index (χ2v) is 11.8. The molecule has 8 rings (SSSR count). The fraction of sp³-hybridized carbons (Fsp3) is 0.355. The van der Waals surface area contributed by atoms with Crippen molar-refractivity contribution >= 4 is 28.2 Å². The molecular formula is C31H31N5O4. The number of nitrogens with one attached hydrogen (secondary N) is 2. The van der Waals surface area contributed by atoms with Gasteiger partial charge >= 0.3 is 0 Å². The minimum absolute atomic E-state index is 0.0215. The number of nitrogens with zero attached hydrogens (tertiary/aromatic N) is 3. The number of rotatable bonds is 2. The Labute approximate surface area is 230 Å². The predicted molar refractivity (Wildman–Crippen MR) is 150 cm³/mol. The molecule has 4 aliphatic rings. The van der Waals surface area contributed by atoms with Gasteiger partial charge in [0.25, 0.3) is 5.56 Å². The van der Waals surface area contributed by atoms with Gasteiger partial charge < -0.3 is 24.6 Å². The maximum Gasteiger partial charge on any atom is 0.250 e. The summed E-state index contributed by atoms with van der Waals surface area (Å²) in [5, 5.41) is 21.8. The zero-order chi connectivity index (χ0) is 27.1. The highest BCUT2D eigenvalue weighted by Gasteiger charge is 2.50. The molecule has 1 saturated heterocycles. The molecule has 9 heteroatoms. The standard InChI is InChI=1S/C31H31N5O4/c37-29-7-3-6-27-19-12-20(16-34(27)29)30-24(14-18-13-21(36(39)40)8-9-28(18)35(30)15-19)31(38)33-11-10-23-22-4-1-2-5-25(22)32-26(23)17-33/h1-9,13,19-20,24,30,32,36,39H,10-12,14-17H2/t19?,20?,24-,30+/m1/s1. The van der Waals surface area contributed by atoms with E-state index < -0.39 is 5.23 Å². The first-order valence-electron chi connectivity index (χ1n) is 14.2. The van der Waals surface area contributed by atoms with Crippen LogP contribution in [0.5, 0.6) is 0 Å². The topological polar surface area (TPSA) is 109 Å². The van der Waals surface area contributed by atoms with E-state index in [1.807, 2.05) is 27.7 Å². The summed E-state index contributed by atoms with van der Waals surface area (Å²) >= 11 is 0. The smallest absolute Gasteiger partial charge is 0.250 e. The number of aromatic amines is 1. The summed E-state index contributed by atoms with van der Waals surface area (Å²) in [6.07, 6.45) is 2.26. The van der Waals surface area contributed by atoms with Gasteiger partial charge in [0.05, 0.1) is 12.5 Å². The molecule has 4 aliphatic heterocycles. The van der Waals surface area contributed by atoms with Crippen molar-refractivity contribution in [2.45, 2.75) is 44.3 Å². The van der Waals surface area contributed by atoms with Crippen molar-refractivity contribution in [3.63, 3.8) is 0 Å². The van der Waals surface area contributed by atoms with Crippen LogP contribution in [0.15, 0.2) is 65.5 Å². The van der Waals surface area contributed by atoms with E-state index in [-0.39, 0.29) is 40.9 Å². The van der Waals surface area contributed by atoms with Gasteiger partial charge in [-0.15, -0.1) is 0 Å². The number of amides is 1. The first-order chi connectivity index (χ1) is 19.5. The Morgan fingerprint density at radius 3 is 2.83 bits per heavy atom. The van der Waals surface area contributed by atoms with Gasteiger partial charge in [-0.1, -0.05) is 24.3 Å². The Morgan fingerprint density at radius 1 is 1.07 bits per heavy atom. The highest BCUT2D eigenvalue weighted by Crippen LogP contribution is 2.48. The Morgan fingerprint density at radius 2 is 1.95 bits per heavy atom. The minimum atomic E-state index is -0.959. The van der Waals surface area contributed by atoms with Crippen molar-refractivity contribution in [2.75, 3.05) is 18.0 Å². The quantitative estimate of drug-likeness (QED) is 0.341. The van der Waals surface area contributed by atoms with Crippen molar-refractivity contribution in [1.29, 1.82) is 0 Å². The van der Waals surface area contributed by atoms with Crippen LogP contribution in [0.3, 0.4) is 0 Å². The zero-order valence-corrected chi connectivity index (χ0v) is 22.0. The molecule has 2 aromatic carbocycles. The van der Waals surface area contributed by atoms with Crippen LogP contribution >= 0.6 is 0 Å². The van der Waals surface area contributed by atoms with E-state index in [9.17, 15) is 20.0 Å². The number of pyridine rings is 1. The van der Waals surface area contributed by atoms with Crippen molar-refractivity contribution in [1.82, 2.24) is 14.5 Å². The molecule has 0 aliphatic carbocycles. The van der Waals surface area contributed by atoms with Gasteiger partial charge in [0.1, 0.15) is 0 Å². The molecule has 1 amide bonds. The van der Waals surface area contributed by atoms with Crippen LogP contribution in [-0.2, 0) is 30.7 Å². The zero-order valence-electron chi connectivity index (χ0n) is 22.0. The van der Waals surface area contributed by atoms with E-state index in [4.69, 9.17) is 0 Å². The molecule has 40 heavy (non-hydrogen) atoms. The maximum atomic E-state index is 14.4. The number of benzene rings is 2. The van der Waals surface area contributed by atoms with Crippen molar-refractivity contribution in [3.05, 3.63) is 98.7 Å². The van der Waals surface area contributed by atoms with E-state index in [0.29, 0.717) is 32.6 Å². The molecule has 0 radical (unpaired) electrons. The Kier molecular flexibility index (Phi) is 5.26. The lowest BCUT2D eigenvalue weighted by molar-refractivity contribution is -0.991. The average Bonchev–Trinajstić information content (AvgIpc) is 3.34. The number of carbonyl (C=O) groups excluding carboxylic acids is 1. The molecule has 0 saturated carbocycles. The van der Waals surface area contributed by atoms with E-state index >= 15 is 0 Å². The molecule has 6 heterocycles. The monoisotopic (exact) mass is 537 g/mol. The summed E-state index contributed by atoms with van der Waals surface area (Å²) in [5.74, 6) is 0.152. The Balaban J connectivity index is 1.19. The van der Waals surface area contributed by atoms with Crippen LogP contribution in [0.1, 0.15) is 34.9 Å². The lowest BCUT2D eigenvalue weighted by atomic mass is 9.69. The minimum Gasteiger partial charge on any atom is -0.595 e. The number of hydrogen-bond donors (Lipinski definition) is 3. The summed E-state index contributed by atoms with van der Waals surface area (Å²) in [5.41, 5.74) is 6.77. The second-order valence-electron chi connectivity index (χ2n) is 11.8. The lowest BCUT2D eigenvalue weighted by Crippen LogP contribution is -2.99. The third kappa shape index (κ3) is 3.51. The molecule has 2 aromatic heterocycles. The van der Waals surface area contributed by atoms with Crippen LogP contribution in [0, 0.1) is 17.0 Å². The van der Waals surface area contributed by atoms with Crippen molar-refractivity contribution in [2.24, 2.45) is 11.8 Å². The van der Waals surface area contributed by atoms with E-state index in [1.54, 1.807) is 18.2 Å². The van der Waals surface area contributed by atoms with E-state index in [0.717, 1.165) is 41.0 Å². The maximum absolute atomic E-state index is 14.4. The van der Waals surface area contributed by atoms with Crippen LogP contribution in [0.25, 0.3) is 10.9 Å². The third-order valence-corrected chi connectivity index (χ3v) is 9.77. The number of piperidine rings is 1. The van der Waals surface area contributed by atoms with Crippen LogP contribution < -0.4 is 15.7 Å². The number of carbonyl (C=O) groups is 1. The number of anilines is 1. The largest absolute Gasteiger partial charge is 0.595 e. The number of quaternary nitrogens is 1. The number of hydrogen-bond acceptors (Lipinski definition) is 5. The molecule has 9 nitrogen and oxygen atoms in total. The van der Waals surface area contributed by atoms with Crippen LogP contribution in [0.4, 0.5) is 11.4 Å². The molecule has 3 unspecified atom stereocenters. The van der Waals surface area contributed by atoms with Crippen LogP contribution in [0.2, 0.25) is 0 Å². The summed E-state index contributed by atoms with van der Waals surface area (Å²) in [4.78, 5) is 35.2. The Bertz CT molecular complexity index is 1720. The van der Waals surface area contributed by atoms with E-state index in [1.165, 1.54) is 10.9 Å². The van der Waals surface area contributed by atoms with Gasteiger partial charge in [0.2, 0.25) is 5.91 Å². The Hall–Kier alpha value is -3.92. The average molecular weight is 538 g/mol. The molecular weight excluding hydrogens is 506 g/mol. The molecule has 4 aromatic rings. The van der Waals surface area contributed by atoms with Crippen molar-refractivity contribution < 1.29 is 15.2 Å². The van der Waals surface area contributed by atoms with Crippen molar-refractivity contribution in [3.8, 4) is 0 Å². The van der Waals surface area contributed by atoms with Gasteiger partial charge in [-0.2, -0.15) is 5.23 Å². The highest BCUT2D eigenvalue weighted by molar-refractivity contribution is 5.87. The molecule has 3 N–H and O–H groups in total. The number of para-hydroxylation sites is 1. The van der Waals surface area contributed by atoms with Gasteiger partial charge in [-0.25, -0.2) is 5.21 Å². The highest BCUT2D eigenvalue weighted by atomic mass is 16.8. The van der Waals surface area contributed by atoms with Gasteiger partial charge in [0.15, 0.2) is 5.69 Å². The summed E-state index contributed by atoms with van der Waals surface area (Å²) < 4.78 is 1.92. The summed E-state index contributed by atoms with van der Waals surface area (Å²) in [6.45, 7) is 2.52. The van der Waals surface area contributed by atoms with Gasteiger partial charge in [-0.3, -0.25) is 9.59 Å². The second kappa shape index (κ2) is 8.79. The first kappa shape index (κ1) is 23.9. The number of H-pyrrole nitrogens is 1. The normalized spacial score (nSPS) is 25.6. The van der Waals surface area contributed by atoms with Gasteiger partial charge in [-0.05, 0) is 54.5 Å². The first-order valence-corrected chi connectivity index (χ1v) is 14.2.